The van der Waals surface area contributed by atoms with Gasteiger partial charge in [-0.2, -0.15) is 17.0 Å². The lowest BCUT2D eigenvalue weighted by Gasteiger charge is -2.21. The van der Waals surface area contributed by atoms with Crippen LogP contribution in [0.15, 0.2) is 16.3 Å². The van der Waals surface area contributed by atoms with Gasteiger partial charge in [-0.1, -0.05) is 0 Å². The number of nitrogens with zero attached hydrogens (tertiary/aromatic N) is 1. The molecule has 0 spiro atoms. The highest BCUT2D eigenvalue weighted by Gasteiger charge is 2.23. The van der Waals surface area contributed by atoms with Crippen LogP contribution in [0.5, 0.6) is 0 Å². The van der Waals surface area contributed by atoms with Gasteiger partial charge in [-0.25, -0.2) is 13.1 Å². The van der Waals surface area contributed by atoms with Crippen LogP contribution in [-0.2, 0) is 10.0 Å². The van der Waals surface area contributed by atoms with Gasteiger partial charge in [0.15, 0.2) is 0 Å². The number of thiophene rings is 1. The second-order valence-corrected chi connectivity index (χ2v) is 7.99. The molecule has 17 heavy (non-hydrogen) atoms. The molecule has 1 aromatic heterocycles. The molecule has 1 saturated heterocycles. The van der Waals surface area contributed by atoms with Crippen molar-refractivity contribution in [2.24, 2.45) is 0 Å². The van der Waals surface area contributed by atoms with Gasteiger partial charge in [-0.15, -0.1) is 11.3 Å². The third-order valence-electron chi connectivity index (χ3n) is 2.50. The van der Waals surface area contributed by atoms with Crippen LogP contribution in [0, 0.1) is 11.3 Å². The Bertz CT molecular complexity index is 524. The van der Waals surface area contributed by atoms with Crippen molar-refractivity contribution in [1.82, 2.24) is 4.72 Å². The average Bonchev–Trinajstić information content (AvgIpc) is 2.79. The maximum Gasteiger partial charge on any atom is 0.250 e. The zero-order valence-corrected chi connectivity index (χ0v) is 11.5. The summed E-state index contributed by atoms with van der Waals surface area (Å²) in [6.07, 6.45) is 1.75. The molecule has 2 rings (SSSR count). The van der Waals surface area contributed by atoms with Crippen LogP contribution in [-0.4, -0.2) is 26.0 Å². The first kappa shape index (κ1) is 12.9. The van der Waals surface area contributed by atoms with Gasteiger partial charge in [0, 0.05) is 6.04 Å². The van der Waals surface area contributed by atoms with Crippen molar-refractivity contribution in [3.63, 3.8) is 0 Å². The molecule has 7 heteroatoms. The molecule has 1 fully saturated rings. The van der Waals surface area contributed by atoms with Crippen LogP contribution in [0.4, 0.5) is 0 Å². The molecule has 0 unspecified atom stereocenters. The Morgan fingerprint density at radius 3 is 2.65 bits per heavy atom. The van der Waals surface area contributed by atoms with Gasteiger partial charge in [0.1, 0.15) is 15.2 Å². The SMILES string of the molecule is N#Cc1ccc(S(=O)(=O)NC2CCSCC2)s1. The Kier molecular flexibility index (Phi) is 4.09. The van der Waals surface area contributed by atoms with Crippen LogP contribution in [0.3, 0.4) is 0 Å². The fourth-order valence-corrected chi connectivity index (χ4v) is 5.15. The highest BCUT2D eigenvalue weighted by Crippen LogP contribution is 2.23. The predicted octanol–water partition coefficient (Wildman–Crippen LogP) is 1.79. The summed E-state index contributed by atoms with van der Waals surface area (Å²) >= 11 is 2.86. The zero-order chi connectivity index (χ0) is 12.3. The van der Waals surface area contributed by atoms with E-state index in [0.29, 0.717) is 4.88 Å². The van der Waals surface area contributed by atoms with Gasteiger partial charge in [-0.05, 0) is 36.5 Å². The Hall–Kier alpha value is -0.550. The maximum absolute atomic E-state index is 12.0. The van der Waals surface area contributed by atoms with Gasteiger partial charge >= 0.3 is 0 Å². The van der Waals surface area contributed by atoms with Gasteiger partial charge in [-0.3, -0.25) is 0 Å². The van der Waals surface area contributed by atoms with E-state index in [1.165, 1.54) is 12.1 Å². The molecule has 0 atom stereocenters. The van der Waals surface area contributed by atoms with Crippen molar-refractivity contribution in [1.29, 1.82) is 5.26 Å². The molecular formula is C10H12N2O2S3. The number of nitriles is 1. The summed E-state index contributed by atoms with van der Waals surface area (Å²) < 4.78 is 27.0. The molecule has 0 amide bonds. The smallest absolute Gasteiger partial charge is 0.207 e. The lowest BCUT2D eigenvalue weighted by Crippen LogP contribution is -2.36. The molecule has 1 N–H and O–H groups in total. The Balaban J connectivity index is 2.10. The summed E-state index contributed by atoms with van der Waals surface area (Å²) in [7, 11) is -3.44. The Morgan fingerprint density at radius 1 is 1.35 bits per heavy atom. The normalized spacial score (nSPS) is 17.8. The molecule has 0 aliphatic carbocycles. The molecule has 4 nitrogen and oxygen atoms in total. The summed E-state index contributed by atoms with van der Waals surface area (Å²) in [5, 5.41) is 8.68. The molecule has 0 radical (unpaired) electrons. The molecule has 1 aromatic rings. The van der Waals surface area contributed by atoms with Gasteiger partial charge in [0.25, 0.3) is 0 Å². The van der Waals surface area contributed by atoms with Crippen LogP contribution < -0.4 is 4.72 Å². The van der Waals surface area contributed by atoms with Gasteiger partial charge < -0.3 is 0 Å². The van der Waals surface area contributed by atoms with E-state index in [-0.39, 0.29) is 10.3 Å². The number of sulfonamides is 1. The van der Waals surface area contributed by atoms with E-state index in [9.17, 15) is 8.42 Å². The van der Waals surface area contributed by atoms with Crippen molar-refractivity contribution < 1.29 is 8.42 Å². The number of hydrogen-bond donors (Lipinski definition) is 1. The summed E-state index contributed by atoms with van der Waals surface area (Å²) in [5.41, 5.74) is 0. The van der Waals surface area contributed by atoms with E-state index in [1.54, 1.807) is 0 Å². The predicted molar refractivity (Wildman–Crippen MR) is 69.7 cm³/mol. The lowest BCUT2D eigenvalue weighted by molar-refractivity contribution is 0.530. The van der Waals surface area contributed by atoms with Crippen molar-refractivity contribution >= 4 is 33.1 Å². The van der Waals surface area contributed by atoms with E-state index < -0.39 is 10.0 Å². The van der Waals surface area contributed by atoms with Crippen molar-refractivity contribution in [3.05, 3.63) is 17.0 Å². The van der Waals surface area contributed by atoms with Crippen molar-refractivity contribution in [3.8, 4) is 6.07 Å². The number of nitrogens with one attached hydrogen (secondary N) is 1. The zero-order valence-electron chi connectivity index (χ0n) is 9.05. The molecule has 0 bridgehead atoms. The highest BCUT2D eigenvalue weighted by molar-refractivity contribution is 7.99. The molecule has 92 valence electrons. The fourth-order valence-electron chi connectivity index (χ4n) is 1.62. The first-order valence-electron chi connectivity index (χ1n) is 5.22. The molecule has 2 heterocycles. The topological polar surface area (TPSA) is 70.0 Å². The van der Waals surface area contributed by atoms with Crippen molar-refractivity contribution in [2.75, 3.05) is 11.5 Å². The van der Waals surface area contributed by atoms with E-state index in [0.717, 1.165) is 35.7 Å². The van der Waals surface area contributed by atoms with Crippen molar-refractivity contribution in [2.45, 2.75) is 23.1 Å². The Morgan fingerprint density at radius 2 is 2.06 bits per heavy atom. The summed E-state index contributed by atoms with van der Waals surface area (Å²) in [6, 6.07) is 5.01. The summed E-state index contributed by atoms with van der Waals surface area (Å²) in [6.45, 7) is 0. The number of thioether (sulfide) groups is 1. The van der Waals surface area contributed by atoms with Crippen LogP contribution in [0.2, 0.25) is 0 Å². The molecule has 0 aromatic carbocycles. The van der Waals surface area contributed by atoms with Gasteiger partial charge in [0.2, 0.25) is 10.0 Å². The minimum Gasteiger partial charge on any atom is -0.207 e. The van der Waals surface area contributed by atoms with Crippen LogP contribution in [0.25, 0.3) is 0 Å². The first-order valence-corrected chi connectivity index (χ1v) is 8.67. The van der Waals surface area contributed by atoms with E-state index in [1.807, 2.05) is 17.8 Å². The standard InChI is InChI=1S/C10H12N2O2S3/c11-7-9-1-2-10(16-9)17(13,14)12-8-3-5-15-6-4-8/h1-2,8,12H,3-6H2. The minimum absolute atomic E-state index is 0.0360. The van der Waals surface area contributed by atoms with Gasteiger partial charge in [0.05, 0.1) is 0 Å². The maximum atomic E-state index is 12.0. The third-order valence-corrected chi connectivity index (χ3v) is 6.55. The molecule has 1 aliphatic rings. The molecule has 1 aliphatic heterocycles. The van der Waals surface area contributed by atoms with E-state index in [2.05, 4.69) is 4.72 Å². The number of rotatable bonds is 3. The lowest BCUT2D eigenvalue weighted by atomic mass is 10.2. The van der Waals surface area contributed by atoms with Crippen LogP contribution in [0.1, 0.15) is 17.7 Å². The van der Waals surface area contributed by atoms with E-state index >= 15 is 0 Å². The third kappa shape index (κ3) is 3.22. The largest absolute Gasteiger partial charge is 0.250 e. The minimum atomic E-state index is -3.44. The fraction of sp³-hybridized carbons (Fsp3) is 0.500. The first-order chi connectivity index (χ1) is 8.12. The number of hydrogen-bond acceptors (Lipinski definition) is 5. The average molecular weight is 288 g/mol. The summed E-state index contributed by atoms with van der Waals surface area (Å²) in [4.78, 5) is 0.421. The molecular weight excluding hydrogens is 276 g/mol. The monoisotopic (exact) mass is 288 g/mol. The second kappa shape index (κ2) is 5.40. The highest BCUT2D eigenvalue weighted by atomic mass is 32.2. The second-order valence-electron chi connectivity index (χ2n) is 3.74. The Labute approximate surface area is 109 Å². The summed E-state index contributed by atoms with van der Waals surface area (Å²) in [5.74, 6) is 2.00. The quantitative estimate of drug-likeness (QED) is 0.920. The molecule has 0 saturated carbocycles. The van der Waals surface area contributed by atoms with E-state index in [4.69, 9.17) is 5.26 Å². The van der Waals surface area contributed by atoms with Crippen LogP contribution >= 0.6 is 23.1 Å².